The van der Waals surface area contributed by atoms with Crippen molar-refractivity contribution in [3.63, 3.8) is 0 Å². The molecular weight excluding hydrogens is 258 g/mol. The standard InChI is InChI=1S/C10H15N3O2S2/c1-17(14,15)13-7-6-12-9-5-3-2-4-8(9)10(11)16/h2-5,12-13H,6-7H2,1H3,(H2,11,16). The fourth-order valence-corrected chi connectivity index (χ4v) is 1.94. The molecule has 1 rings (SSSR count). The van der Waals surface area contributed by atoms with Crippen molar-refractivity contribution >= 4 is 32.9 Å². The van der Waals surface area contributed by atoms with Crippen molar-refractivity contribution in [2.75, 3.05) is 24.7 Å². The van der Waals surface area contributed by atoms with Gasteiger partial charge in [0.15, 0.2) is 0 Å². The summed E-state index contributed by atoms with van der Waals surface area (Å²) in [5.74, 6) is 0. The quantitative estimate of drug-likeness (QED) is 0.512. The zero-order chi connectivity index (χ0) is 12.9. The summed E-state index contributed by atoms with van der Waals surface area (Å²) in [6, 6.07) is 7.35. The van der Waals surface area contributed by atoms with E-state index in [-0.39, 0.29) is 0 Å². The molecule has 0 aliphatic rings. The molecule has 0 bridgehead atoms. The maximum Gasteiger partial charge on any atom is 0.208 e. The van der Waals surface area contributed by atoms with E-state index in [1.165, 1.54) is 0 Å². The van der Waals surface area contributed by atoms with Gasteiger partial charge in [-0.1, -0.05) is 24.4 Å². The molecule has 0 unspecified atom stereocenters. The predicted octanol–water partition coefficient (Wildman–Crippen LogP) is 0.282. The van der Waals surface area contributed by atoms with E-state index in [1.54, 1.807) is 0 Å². The SMILES string of the molecule is CS(=O)(=O)NCCNc1ccccc1C(N)=S. The molecule has 0 fully saturated rings. The molecule has 0 spiro atoms. The van der Waals surface area contributed by atoms with Crippen LogP contribution in [0.25, 0.3) is 0 Å². The van der Waals surface area contributed by atoms with Crippen molar-refractivity contribution in [1.82, 2.24) is 4.72 Å². The minimum atomic E-state index is -3.15. The number of sulfonamides is 1. The van der Waals surface area contributed by atoms with Crippen molar-refractivity contribution in [2.45, 2.75) is 0 Å². The lowest BCUT2D eigenvalue weighted by Crippen LogP contribution is -2.28. The molecule has 4 N–H and O–H groups in total. The third-order valence-electron chi connectivity index (χ3n) is 2.00. The first-order valence-corrected chi connectivity index (χ1v) is 7.27. The molecule has 0 aliphatic carbocycles. The fraction of sp³-hybridized carbons (Fsp3) is 0.300. The van der Waals surface area contributed by atoms with E-state index in [0.29, 0.717) is 18.1 Å². The maximum atomic E-state index is 10.8. The second-order valence-corrected chi connectivity index (χ2v) is 5.78. The van der Waals surface area contributed by atoms with Gasteiger partial charge in [0.2, 0.25) is 10.0 Å². The van der Waals surface area contributed by atoms with Crippen molar-refractivity contribution in [3.05, 3.63) is 29.8 Å². The molecule has 5 nitrogen and oxygen atoms in total. The summed E-state index contributed by atoms with van der Waals surface area (Å²) >= 11 is 4.91. The highest BCUT2D eigenvalue weighted by Crippen LogP contribution is 2.13. The molecule has 0 saturated carbocycles. The normalized spacial score (nSPS) is 11.1. The highest BCUT2D eigenvalue weighted by atomic mass is 32.2. The second-order valence-electron chi connectivity index (χ2n) is 3.50. The van der Waals surface area contributed by atoms with Crippen LogP contribution in [-0.4, -0.2) is 32.8 Å². The lowest BCUT2D eigenvalue weighted by Gasteiger charge is -2.10. The maximum absolute atomic E-state index is 10.8. The third-order valence-corrected chi connectivity index (χ3v) is 2.95. The van der Waals surface area contributed by atoms with Crippen molar-refractivity contribution in [2.24, 2.45) is 5.73 Å². The number of nitrogens with one attached hydrogen (secondary N) is 2. The first kappa shape index (κ1) is 13.9. The number of hydrogen-bond donors (Lipinski definition) is 3. The van der Waals surface area contributed by atoms with Crippen LogP contribution in [0.2, 0.25) is 0 Å². The molecule has 1 aromatic rings. The molecule has 94 valence electrons. The van der Waals surface area contributed by atoms with Gasteiger partial charge < -0.3 is 11.1 Å². The zero-order valence-electron chi connectivity index (χ0n) is 9.43. The summed E-state index contributed by atoms with van der Waals surface area (Å²) in [6.45, 7) is 0.775. The van der Waals surface area contributed by atoms with Gasteiger partial charge >= 0.3 is 0 Å². The van der Waals surface area contributed by atoms with E-state index in [1.807, 2.05) is 24.3 Å². The first-order chi connectivity index (χ1) is 7.90. The number of rotatable bonds is 6. The molecule has 0 heterocycles. The Kier molecular flexibility index (Phi) is 4.86. The highest BCUT2D eigenvalue weighted by Gasteiger charge is 2.04. The van der Waals surface area contributed by atoms with Gasteiger partial charge in [-0.25, -0.2) is 13.1 Å². The van der Waals surface area contributed by atoms with Crippen LogP contribution < -0.4 is 15.8 Å². The van der Waals surface area contributed by atoms with Crippen LogP contribution >= 0.6 is 12.2 Å². The topological polar surface area (TPSA) is 84.2 Å². The lowest BCUT2D eigenvalue weighted by molar-refractivity contribution is 0.589. The fourth-order valence-electron chi connectivity index (χ4n) is 1.29. The van der Waals surface area contributed by atoms with Crippen molar-refractivity contribution < 1.29 is 8.42 Å². The average Bonchev–Trinajstić information content (AvgIpc) is 2.23. The Hall–Kier alpha value is -1.18. The van der Waals surface area contributed by atoms with Gasteiger partial charge in [-0.3, -0.25) is 0 Å². The smallest absolute Gasteiger partial charge is 0.208 e. The van der Waals surface area contributed by atoms with Crippen LogP contribution in [0.5, 0.6) is 0 Å². The minimum absolute atomic E-state index is 0.309. The van der Waals surface area contributed by atoms with Crippen molar-refractivity contribution in [1.29, 1.82) is 0 Å². The average molecular weight is 273 g/mol. The molecule has 0 aliphatic heterocycles. The predicted molar refractivity (Wildman–Crippen MR) is 73.7 cm³/mol. The minimum Gasteiger partial charge on any atom is -0.389 e. The molecule has 7 heteroatoms. The first-order valence-electron chi connectivity index (χ1n) is 4.97. The van der Waals surface area contributed by atoms with Gasteiger partial charge in [0.05, 0.1) is 6.26 Å². The molecule has 0 aromatic heterocycles. The number of benzene rings is 1. The van der Waals surface area contributed by atoms with E-state index in [0.717, 1.165) is 17.5 Å². The second kappa shape index (κ2) is 5.95. The van der Waals surface area contributed by atoms with Crippen LogP contribution in [0.15, 0.2) is 24.3 Å². The summed E-state index contributed by atoms with van der Waals surface area (Å²) in [6.07, 6.45) is 1.12. The summed E-state index contributed by atoms with van der Waals surface area (Å²) < 4.78 is 24.1. The number of anilines is 1. The summed E-state index contributed by atoms with van der Waals surface area (Å²) in [7, 11) is -3.15. The van der Waals surface area contributed by atoms with Crippen molar-refractivity contribution in [3.8, 4) is 0 Å². The summed E-state index contributed by atoms with van der Waals surface area (Å²) in [4.78, 5) is 0.309. The summed E-state index contributed by atoms with van der Waals surface area (Å²) in [5.41, 5.74) is 7.12. The van der Waals surface area contributed by atoms with Gasteiger partial charge in [0.1, 0.15) is 4.99 Å². The van der Waals surface area contributed by atoms with Crippen LogP contribution in [0.3, 0.4) is 0 Å². The molecule has 0 radical (unpaired) electrons. The van der Waals surface area contributed by atoms with Gasteiger partial charge in [0, 0.05) is 24.3 Å². The zero-order valence-corrected chi connectivity index (χ0v) is 11.1. The molecule has 1 aromatic carbocycles. The van der Waals surface area contributed by atoms with Crippen LogP contribution in [0, 0.1) is 0 Å². The summed E-state index contributed by atoms with van der Waals surface area (Å²) in [5, 5.41) is 3.07. The van der Waals surface area contributed by atoms with Gasteiger partial charge in [0.25, 0.3) is 0 Å². The number of hydrogen-bond acceptors (Lipinski definition) is 4. The monoisotopic (exact) mass is 273 g/mol. The number of thiocarbonyl (C=S) groups is 1. The molecule has 17 heavy (non-hydrogen) atoms. The largest absolute Gasteiger partial charge is 0.389 e. The van der Waals surface area contributed by atoms with Crippen LogP contribution in [-0.2, 0) is 10.0 Å². The Balaban J connectivity index is 2.55. The third kappa shape index (κ3) is 5.12. The Labute approximate surface area is 106 Å². The Bertz CT molecular complexity index is 500. The van der Waals surface area contributed by atoms with E-state index >= 15 is 0 Å². The molecular formula is C10H15N3O2S2. The highest BCUT2D eigenvalue weighted by molar-refractivity contribution is 7.88. The molecule has 0 amide bonds. The van der Waals surface area contributed by atoms with Gasteiger partial charge in [-0.05, 0) is 12.1 Å². The van der Waals surface area contributed by atoms with Crippen LogP contribution in [0.1, 0.15) is 5.56 Å². The number of nitrogens with two attached hydrogens (primary N) is 1. The number of para-hydroxylation sites is 1. The van der Waals surface area contributed by atoms with Gasteiger partial charge in [-0.15, -0.1) is 0 Å². The lowest BCUT2D eigenvalue weighted by atomic mass is 10.2. The Morgan fingerprint density at radius 2 is 2.00 bits per heavy atom. The van der Waals surface area contributed by atoms with Crippen LogP contribution in [0.4, 0.5) is 5.69 Å². The van der Waals surface area contributed by atoms with E-state index in [9.17, 15) is 8.42 Å². The Morgan fingerprint density at radius 3 is 2.59 bits per heavy atom. The van der Waals surface area contributed by atoms with E-state index in [4.69, 9.17) is 18.0 Å². The Morgan fingerprint density at radius 1 is 1.35 bits per heavy atom. The molecule has 0 atom stereocenters. The van der Waals surface area contributed by atoms with E-state index in [2.05, 4.69) is 10.0 Å². The van der Waals surface area contributed by atoms with E-state index < -0.39 is 10.0 Å². The van der Waals surface area contributed by atoms with Gasteiger partial charge in [-0.2, -0.15) is 0 Å². The molecule has 0 saturated heterocycles.